The van der Waals surface area contributed by atoms with Gasteiger partial charge in [0.15, 0.2) is 0 Å². The molecule has 0 bridgehead atoms. The molecule has 144 valence electrons. The second-order valence-electron chi connectivity index (χ2n) is 5.85. The zero-order valence-corrected chi connectivity index (χ0v) is 20.3. The van der Waals surface area contributed by atoms with Crippen molar-refractivity contribution in [2.24, 2.45) is 0 Å². The number of fused-ring (bicyclic) bond motifs is 2. The van der Waals surface area contributed by atoms with Gasteiger partial charge >= 0.3 is 0 Å². The molecule has 0 aliphatic rings. The standard InChI is InChI=1S/C10H4Br4O2.C10H8O2/c11-5-1-3-4(8(14)9(5)15)2-6(12)10(16)7(3)13;11-9-3-1-7-5-10(12)4-2-8(7)6-9/h1-2,15-16H;1-6,11-12H. The molecule has 4 rings (SSSR count). The van der Waals surface area contributed by atoms with E-state index in [0.29, 0.717) is 17.9 Å². The first-order chi connectivity index (χ1) is 13.2. The molecule has 4 aromatic carbocycles. The largest absolute Gasteiger partial charge is 0.508 e. The third-order valence-corrected chi connectivity index (χ3v) is 6.80. The minimum Gasteiger partial charge on any atom is -0.508 e. The van der Waals surface area contributed by atoms with Gasteiger partial charge in [-0.3, -0.25) is 0 Å². The lowest BCUT2D eigenvalue weighted by Crippen LogP contribution is -1.82. The van der Waals surface area contributed by atoms with Crippen LogP contribution in [0.2, 0.25) is 0 Å². The molecule has 0 amide bonds. The van der Waals surface area contributed by atoms with Gasteiger partial charge in [0, 0.05) is 10.8 Å². The van der Waals surface area contributed by atoms with E-state index in [4.69, 9.17) is 10.2 Å². The van der Waals surface area contributed by atoms with Gasteiger partial charge in [0.2, 0.25) is 0 Å². The summed E-state index contributed by atoms with van der Waals surface area (Å²) in [5, 5.41) is 41.3. The van der Waals surface area contributed by atoms with Gasteiger partial charge in [-0.1, -0.05) is 12.1 Å². The monoisotopic (exact) mass is 632 g/mol. The predicted molar refractivity (Wildman–Crippen MR) is 125 cm³/mol. The molecule has 0 saturated heterocycles. The van der Waals surface area contributed by atoms with Crippen molar-refractivity contribution in [2.45, 2.75) is 0 Å². The van der Waals surface area contributed by atoms with Crippen LogP contribution in [0.15, 0.2) is 66.4 Å². The number of benzene rings is 4. The van der Waals surface area contributed by atoms with E-state index in [-0.39, 0.29) is 23.0 Å². The van der Waals surface area contributed by atoms with Crippen molar-refractivity contribution in [3.63, 3.8) is 0 Å². The Hall–Kier alpha value is -1.48. The second kappa shape index (κ2) is 8.49. The number of hydrogen-bond donors (Lipinski definition) is 4. The van der Waals surface area contributed by atoms with Crippen molar-refractivity contribution >= 4 is 85.3 Å². The molecular formula is C20H12Br4O4. The lowest BCUT2D eigenvalue weighted by atomic mass is 10.1. The number of aromatic hydroxyl groups is 4. The average Bonchev–Trinajstić information content (AvgIpc) is 2.66. The Kier molecular flexibility index (Phi) is 6.44. The second-order valence-corrected chi connectivity index (χ2v) is 9.15. The summed E-state index contributed by atoms with van der Waals surface area (Å²) in [6.07, 6.45) is 0. The minimum atomic E-state index is 0.136. The van der Waals surface area contributed by atoms with Crippen LogP contribution in [0.25, 0.3) is 21.5 Å². The van der Waals surface area contributed by atoms with Gasteiger partial charge in [-0.2, -0.15) is 0 Å². The number of rotatable bonds is 0. The van der Waals surface area contributed by atoms with Crippen molar-refractivity contribution in [3.8, 4) is 23.0 Å². The maximum Gasteiger partial charge on any atom is 0.144 e. The molecule has 4 nitrogen and oxygen atoms in total. The maximum absolute atomic E-state index is 9.77. The zero-order chi connectivity index (χ0) is 20.6. The summed E-state index contributed by atoms with van der Waals surface area (Å²) in [6, 6.07) is 13.5. The SMILES string of the molecule is Oc1c(Br)cc2c(Br)c(O)c(Br)cc2c1Br.Oc1ccc2cc(O)ccc2c1. The highest BCUT2D eigenvalue weighted by Gasteiger charge is 2.15. The molecule has 28 heavy (non-hydrogen) atoms. The van der Waals surface area contributed by atoms with Gasteiger partial charge in [-0.25, -0.2) is 0 Å². The van der Waals surface area contributed by atoms with Gasteiger partial charge in [-0.15, -0.1) is 0 Å². The molecular weight excluding hydrogens is 624 g/mol. The summed E-state index contributed by atoms with van der Waals surface area (Å²) in [6.45, 7) is 0. The zero-order valence-electron chi connectivity index (χ0n) is 13.9. The van der Waals surface area contributed by atoms with Crippen LogP contribution >= 0.6 is 63.7 Å². The molecule has 0 atom stereocenters. The van der Waals surface area contributed by atoms with Gasteiger partial charge in [0.1, 0.15) is 23.0 Å². The summed E-state index contributed by atoms with van der Waals surface area (Å²) >= 11 is 13.1. The smallest absolute Gasteiger partial charge is 0.144 e. The molecule has 0 aliphatic heterocycles. The summed E-state index contributed by atoms with van der Waals surface area (Å²) in [7, 11) is 0. The quantitative estimate of drug-likeness (QED) is 0.161. The Balaban J connectivity index is 0.000000167. The Morgan fingerprint density at radius 2 is 0.857 bits per heavy atom. The van der Waals surface area contributed by atoms with E-state index in [0.717, 1.165) is 21.5 Å². The summed E-state index contributed by atoms with van der Waals surface area (Å²) in [5.41, 5.74) is 0. The number of hydrogen-bond acceptors (Lipinski definition) is 4. The van der Waals surface area contributed by atoms with Crippen molar-refractivity contribution in [1.82, 2.24) is 0 Å². The summed E-state index contributed by atoms with van der Waals surface area (Å²) in [4.78, 5) is 0. The molecule has 4 aromatic rings. The molecule has 0 heterocycles. The van der Waals surface area contributed by atoms with Crippen LogP contribution in [-0.2, 0) is 0 Å². The van der Waals surface area contributed by atoms with Crippen molar-refractivity contribution in [1.29, 1.82) is 0 Å². The molecule has 4 N–H and O–H groups in total. The predicted octanol–water partition coefficient (Wildman–Crippen LogP) is 7.55. The Bertz CT molecular complexity index is 1110. The van der Waals surface area contributed by atoms with Gasteiger partial charge in [0.25, 0.3) is 0 Å². The molecule has 0 aliphatic carbocycles. The lowest BCUT2D eigenvalue weighted by molar-refractivity contribution is 0.467. The number of phenolic OH excluding ortho intramolecular Hbond substituents is 4. The van der Waals surface area contributed by atoms with Crippen LogP contribution < -0.4 is 0 Å². The van der Waals surface area contributed by atoms with E-state index >= 15 is 0 Å². The molecule has 0 spiro atoms. The summed E-state index contributed by atoms with van der Waals surface area (Å²) < 4.78 is 2.29. The fourth-order valence-electron chi connectivity index (χ4n) is 2.59. The van der Waals surface area contributed by atoms with Crippen LogP contribution in [0.3, 0.4) is 0 Å². The number of phenols is 4. The van der Waals surface area contributed by atoms with E-state index < -0.39 is 0 Å². The van der Waals surface area contributed by atoms with Crippen LogP contribution in [0, 0.1) is 0 Å². The van der Waals surface area contributed by atoms with Crippen molar-refractivity contribution in [2.75, 3.05) is 0 Å². The fourth-order valence-corrected chi connectivity index (χ4v) is 5.06. The molecule has 0 saturated carbocycles. The molecule has 0 aromatic heterocycles. The Labute approximate surface area is 194 Å². The first-order valence-corrected chi connectivity index (χ1v) is 11.0. The lowest BCUT2D eigenvalue weighted by Gasteiger charge is -2.10. The molecule has 0 radical (unpaired) electrons. The third kappa shape index (κ3) is 4.25. The highest BCUT2D eigenvalue weighted by molar-refractivity contribution is 9.11. The van der Waals surface area contributed by atoms with Gasteiger partial charge in [-0.05, 0) is 111 Å². The highest BCUT2D eigenvalue weighted by Crippen LogP contribution is 2.46. The van der Waals surface area contributed by atoms with E-state index in [1.807, 2.05) is 0 Å². The van der Waals surface area contributed by atoms with E-state index in [9.17, 15) is 10.2 Å². The molecule has 0 fully saturated rings. The van der Waals surface area contributed by atoms with Gasteiger partial charge < -0.3 is 20.4 Å². The number of halogens is 4. The van der Waals surface area contributed by atoms with Crippen LogP contribution in [0.5, 0.6) is 23.0 Å². The first-order valence-electron chi connectivity index (χ1n) is 7.78. The fraction of sp³-hybridized carbons (Fsp3) is 0. The highest BCUT2D eigenvalue weighted by atomic mass is 79.9. The first kappa shape index (κ1) is 21.2. The summed E-state index contributed by atoms with van der Waals surface area (Å²) in [5.74, 6) is 0.760. The van der Waals surface area contributed by atoms with Crippen LogP contribution in [0.4, 0.5) is 0 Å². The van der Waals surface area contributed by atoms with Gasteiger partial charge in [0.05, 0.1) is 17.9 Å². The Morgan fingerprint density at radius 3 is 1.21 bits per heavy atom. The minimum absolute atomic E-state index is 0.136. The topological polar surface area (TPSA) is 80.9 Å². The molecule has 8 heteroatoms. The molecule has 0 unspecified atom stereocenters. The maximum atomic E-state index is 9.77. The average molecular weight is 636 g/mol. The Morgan fingerprint density at radius 1 is 0.500 bits per heavy atom. The van der Waals surface area contributed by atoms with E-state index in [1.54, 1.807) is 48.5 Å². The van der Waals surface area contributed by atoms with Crippen LogP contribution in [0.1, 0.15) is 0 Å². The van der Waals surface area contributed by atoms with E-state index in [1.165, 1.54) is 0 Å². The van der Waals surface area contributed by atoms with E-state index in [2.05, 4.69) is 63.7 Å². The normalized spacial score (nSPS) is 10.7. The van der Waals surface area contributed by atoms with Crippen LogP contribution in [-0.4, -0.2) is 20.4 Å². The third-order valence-electron chi connectivity index (χ3n) is 3.98. The van der Waals surface area contributed by atoms with Crippen molar-refractivity contribution in [3.05, 3.63) is 66.4 Å². The van der Waals surface area contributed by atoms with Crippen molar-refractivity contribution < 1.29 is 20.4 Å².